The van der Waals surface area contributed by atoms with Crippen LogP contribution in [0.15, 0.2) is 37.1 Å². The highest BCUT2D eigenvalue weighted by atomic mass is 16.1. The monoisotopic (exact) mass is 232 g/mol. The Balaban J connectivity index is 1.72. The number of imidazole rings is 1. The predicted octanol–water partition coefficient (Wildman–Crippen LogP) is 1.04. The minimum Gasteiger partial charge on any atom is -0.351 e. The van der Waals surface area contributed by atoms with Crippen molar-refractivity contribution in [1.82, 2.24) is 19.4 Å². The highest BCUT2D eigenvalue weighted by Gasteiger charge is 2.06. The minimum absolute atomic E-state index is 0.0249. The van der Waals surface area contributed by atoms with Gasteiger partial charge >= 0.3 is 0 Å². The van der Waals surface area contributed by atoms with E-state index in [2.05, 4.69) is 10.3 Å². The Labute approximate surface area is 100 Å². The Hall–Kier alpha value is -2.04. The second kappa shape index (κ2) is 5.34. The molecule has 17 heavy (non-hydrogen) atoms. The number of carbonyl (C=O) groups is 1. The van der Waals surface area contributed by atoms with E-state index in [1.807, 2.05) is 40.7 Å². The van der Waals surface area contributed by atoms with Crippen molar-refractivity contribution >= 4 is 5.91 Å². The second-order valence-electron chi connectivity index (χ2n) is 3.91. The Kier molecular flexibility index (Phi) is 3.59. The lowest BCUT2D eigenvalue weighted by Crippen LogP contribution is -2.26. The summed E-state index contributed by atoms with van der Waals surface area (Å²) in [6.07, 6.45) is 8.20. The van der Waals surface area contributed by atoms with Crippen LogP contribution in [0.3, 0.4) is 0 Å². The van der Waals surface area contributed by atoms with Crippen LogP contribution in [0.25, 0.3) is 0 Å². The molecule has 0 unspecified atom stereocenters. The van der Waals surface area contributed by atoms with Crippen LogP contribution in [0.4, 0.5) is 0 Å². The van der Waals surface area contributed by atoms with E-state index in [1.54, 1.807) is 12.5 Å². The molecule has 0 spiro atoms. The van der Waals surface area contributed by atoms with Crippen molar-refractivity contribution in [1.29, 1.82) is 0 Å². The molecule has 0 atom stereocenters. The average Bonchev–Trinajstić information content (AvgIpc) is 2.95. The summed E-state index contributed by atoms with van der Waals surface area (Å²) in [6.45, 7) is 1.54. The van der Waals surface area contributed by atoms with Crippen molar-refractivity contribution in [2.45, 2.75) is 13.0 Å². The van der Waals surface area contributed by atoms with Crippen molar-refractivity contribution in [3.63, 3.8) is 0 Å². The fourth-order valence-corrected chi connectivity index (χ4v) is 1.67. The quantitative estimate of drug-likeness (QED) is 0.783. The van der Waals surface area contributed by atoms with E-state index in [9.17, 15) is 4.79 Å². The Morgan fingerprint density at radius 3 is 3.00 bits per heavy atom. The summed E-state index contributed by atoms with van der Waals surface area (Å²) in [4.78, 5) is 15.7. The first kappa shape index (κ1) is 11.4. The third-order valence-electron chi connectivity index (χ3n) is 2.61. The van der Waals surface area contributed by atoms with Crippen LogP contribution >= 0.6 is 0 Å². The summed E-state index contributed by atoms with van der Waals surface area (Å²) in [7, 11) is 1.86. The normalized spacial score (nSPS) is 10.4. The molecular formula is C12H16N4O. The van der Waals surface area contributed by atoms with Gasteiger partial charge in [-0.15, -0.1) is 0 Å². The molecular weight excluding hydrogens is 216 g/mol. The molecule has 5 nitrogen and oxygen atoms in total. The zero-order valence-corrected chi connectivity index (χ0v) is 9.84. The Morgan fingerprint density at radius 2 is 2.35 bits per heavy atom. The van der Waals surface area contributed by atoms with Gasteiger partial charge in [-0.05, 0) is 18.6 Å². The summed E-state index contributed by atoms with van der Waals surface area (Å²) in [5.74, 6) is -0.0249. The largest absolute Gasteiger partial charge is 0.351 e. The molecule has 0 aliphatic carbocycles. The predicted molar refractivity (Wildman–Crippen MR) is 64.6 cm³/mol. The van der Waals surface area contributed by atoms with Crippen LogP contribution in [0, 0.1) is 0 Å². The Bertz CT molecular complexity index is 472. The molecule has 0 fully saturated rings. The molecule has 0 saturated heterocycles. The average molecular weight is 232 g/mol. The van der Waals surface area contributed by atoms with Crippen LogP contribution in [0.1, 0.15) is 16.9 Å². The van der Waals surface area contributed by atoms with Crippen molar-refractivity contribution in [3.05, 3.63) is 42.7 Å². The third-order valence-corrected chi connectivity index (χ3v) is 2.61. The summed E-state index contributed by atoms with van der Waals surface area (Å²) in [5.41, 5.74) is 0.688. The summed E-state index contributed by atoms with van der Waals surface area (Å²) in [5, 5.41) is 2.89. The number of nitrogens with zero attached hydrogens (tertiary/aromatic N) is 3. The van der Waals surface area contributed by atoms with Gasteiger partial charge in [0.1, 0.15) is 5.69 Å². The molecule has 2 aromatic rings. The molecule has 0 bridgehead atoms. The van der Waals surface area contributed by atoms with Crippen LogP contribution < -0.4 is 5.32 Å². The van der Waals surface area contributed by atoms with Crippen molar-refractivity contribution in [2.75, 3.05) is 6.54 Å². The summed E-state index contributed by atoms with van der Waals surface area (Å²) < 4.78 is 3.81. The van der Waals surface area contributed by atoms with Crippen LogP contribution in [-0.2, 0) is 13.6 Å². The van der Waals surface area contributed by atoms with E-state index in [0.717, 1.165) is 13.0 Å². The SMILES string of the molecule is Cn1cccc1C(=O)NCCCn1ccnc1. The fourth-order valence-electron chi connectivity index (χ4n) is 1.67. The van der Waals surface area contributed by atoms with E-state index in [-0.39, 0.29) is 5.91 Å². The van der Waals surface area contributed by atoms with Crippen LogP contribution in [0.2, 0.25) is 0 Å². The number of aromatic nitrogens is 3. The van der Waals surface area contributed by atoms with Gasteiger partial charge in [0.2, 0.25) is 0 Å². The van der Waals surface area contributed by atoms with E-state index in [1.165, 1.54) is 0 Å². The third kappa shape index (κ3) is 2.96. The van der Waals surface area contributed by atoms with Gasteiger partial charge in [0.05, 0.1) is 6.33 Å². The molecule has 0 saturated carbocycles. The highest BCUT2D eigenvalue weighted by molar-refractivity contribution is 5.92. The number of aryl methyl sites for hydroxylation is 2. The zero-order valence-electron chi connectivity index (χ0n) is 9.84. The molecule has 1 amide bonds. The van der Waals surface area contributed by atoms with Gasteiger partial charge in [-0.3, -0.25) is 4.79 Å². The smallest absolute Gasteiger partial charge is 0.267 e. The lowest BCUT2D eigenvalue weighted by Gasteiger charge is -2.06. The lowest BCUT2D eigenvalue weighted by molar-refractivity contribution is 0.0944. The number of nitrogens with one attached hydrogen (secondary N) is 1. The van der Waals surface area contributed by atoms with Gasteiger partial charge in [-0.25, -0.2) is 4.98 Å². The summed E-state index contributed by atoms with van der Waals surface area (Å²) >= 11 is 0. The molecule has 2 rings (SSSR count). The number of hydrogen-bond donors (Lipinski definition) is 1. The van der Waals surface area contributed by atoms with E-state index in [4.69, 9.17) is 0 Å². The first-order chi connectivity index (χ1) is 8.27. The number of amides is 1. The van der Waals surface area contributed by atoms with Gasteiger partial charge < -0.3 is 14.5 Å². The Morgan fingerprint density at radius 1 is 1.47 bits per heavy atom. The van der Waals surface area contributed by atoms with Crippen LogP contribution in [0.5, 0.6) is 0 Å². The maximum Gasteiger partial charge on any atom is 0.267 e. The highest BCUT2D eigenvalue weighted by Crippen LogP contribution is 1.99. The maximum atomic E-state index is 11.7. The molecule has 1 N–H and O–H groups in total. The van der Waals surface area contributed by atoms with E-state index in [0.29, 0.717) is 12.2 Å². The van der Waals surface area contributed by atoms with E-state index < -0.39 is 0 Å². The zero-order chi connectivity index (χ0) is 12.1. The van der Waals surface area contributed by atoms with Crippen molar-refractivity contribution in [2.24, 2.45) is 7.05 Å². The molecule has 2 heterocycles. The fraction of sp³-hybridized carbons (Fsp3) is 0.333. The van der Waals surface area contributed by atoms with Gasteiger partial charge in [0.25, 0.3) is 5.91 Å². The topological polar surface area (TPSA) is 51.9 Å². The standard InChI is InChI=1S/C12H16N4O/c1-15-7-2-4-11(15)12(17)14-5-3-8-16-9-6-13-10-16/h2,4,6-7,9-10H,3,5,8H2,1H3,(H,14,17). The molecule has 90 valence electrons. The lowest BCUT2D eigenvalue weighted by atomic mass is 10.3. The van der Waals surface area contributed by atoms with Gasteiger partial charge in [-0.2, -0.15) is 0 Å². The molecule has 0 aliphatic rings. The first-order valence-electron chi connectivity index (χ1n) is 5.62. The number of carbonyl (C=O) groups excluding carboxylic acids is 1. The van der Waals surface area contributed by atoms with Crippen molar-refractivity contribution in [3.8, 4) is 0 Å². The second-order valence-corrected chi connectivity index (χ2v) is 3.91. The molecule has 5 heteroatoms. The molecule has 0 aromatic carbocycles. The number of rotatable bonds is 5. The van der Waals surface area contributed by atoms with Gasteiger partial charge in [0.15, 0.2) is 0 Å². The van der Waals surface area contributed by atoms with Crippen LogP contribution in [-0.4, -0.2) is 26.6 Å². The molecule has 0 aliphatic heterocycles. The van der Waals surface area contributed by atoms with E-state index >= 15 is 0 Å². The molecule has 2 aromatic heterocycles. The number of hydrogen-bond acceptors (Lipinski definition) is 2. The minimum atomic E-state index is -0.0249. The summed E-state index contributed by atoms with van der Waals surface area (Å²) in [6, 6.07) is 3.67. The molecule has 0 radical (unpaired) electrons. The first-order valence-corrected chi connectivity index (χ1v) is 5.62. The van der Waals surface area contributed by atoms with Crippen molar-refractivity contribution < 1.29 is 4.79 Å². The van der Waals surface area contributed by atoms with Gasteiger partial charge in [-0.1, -0.05) is 0 Å². The van der Waals surface area contributed by atoms with Gasteiger partial charge in [0, 0.05) is 38.7 Å². The maximum absolute atomic E-state index is 11.7.